The summed E-state index contributed by atoms with van der Waals surface area (Å²) < 4.78 is 73.3. The summed E-state index contributed by atoms with van der Waals surface area (Å²) in [7, 11) is -4.02. The number of alkyl halides is 3. The molecule has 1 unspecified atom stereocenters. The highest BCUT2D eigenvalue weighted by atomic mass is 32.2. The number of aliphatic hydroxyl groups is 1. The molecular weight excluding hydrogens is 651 g/mol. The summed E-state index contributed by atoms with van der Waals surface area (Å²) in [5.41, 5.74) is 4.30. The molecule has 0 bridgehead atoms. The van der Waals surface area contributed by atoms with Crippen molar-refractivity contribution in [3.63, 3.8) is 0 Å². The van der Waals surface area contributed by atoms with Gasteiger partial charge >= 0.3 is 12.2 Å². The number of aliphatic hydroxyl groups excluding tert-OH is 1. The van der Waals surface area contributed by atoms with Crippen molar-refractivity contribution >= 4 is 33.5 Å². The van der Waals surface area contributed by atoms with Crippen molar-refractivity contribution in [1.82, 2.24) is 9.88 Å². The van der Waals surface area contributed by atoms with E-state index >= 15 is 0 Å². The molecule has 2 fully saturated rings. The van der Waals surface area contributed by atoms with Crippen LogP contribution in [0.1, 0.15) is 30.9 Å². The quantitative estimate of drug-likeness (QED) is 0.217. The highest BCUT2D eigenvalue weighted by molar-refractivity contribution is 7.85. The van der Waals surface area contributed by atoms with Crippen molar-refractivity contribution in [3.05, 3.63) is 65.7 Å². The van der Waals surface area contributed by atoms with Gasteiger partial charge in [-0.05, 0) is 86.2 Å². The Morgan fingerprint density at radius 2 is 1.75 bits per heavy atom. The van der Waals surface area contributed by atoms with Crippen LogP contribution in [0.3, 0.4) is 0 Å². The van der Waals surface area contributed by atoms with E-state index in [1.807, 2.05) is 45.0 Å². The van der Waals surface area contributed by atoms with Gasteiger partial charge in [0, 0.05) is 44.3 Å². The van der Waals surface area contributed by atoms with Crippen LogP contribution in [0.2, 0.25) is 0 Å². The van der Waals surface area contributed by atoms with Gasteiger partial charge in [-0.1, -0.05) is 23.8 Å². The number of amides is 2. The maximum Gasteiger partial charge on any atom is 0.389 e. The number of morpholine rings is 1. The number of hydrogen-bond donors (Lipinski definition) is 4. The molecule has 0 aliphatic carbocycles. The van der Waals surface area contributed by atoms with Gasteiger partial charge in [-0.15, -0.1) is 0 Å². The monoisotopic (exact) mass is 693 g/mol. The molecule has 2 aliphatic rings. The third-order valence-corrected chi connectivity index (χ3v) is 8.89. The zero-order valence-electron chi connectivity index (χ0n) is 27.1. The Balaban J connectivity index is 0.000000401. The van der Waals surface area contributed by atoms with Crippen LogP contribution in [0.4, 0.5) is 35.3 Å². The van der Waals surface area contributed by atoms with Gasteiger partial charge in [-0.3, -0.25) is 4.55 Å². The van der Waals surface area contributed by atoms with Gasteiger partial charge in [0.05, 0.1) is 24.7 Å². The minimum atomic E-state index is -4.23. The fraction of sp³-hybridized carbons (Fsp3) is 0.455. The minimum absolute atomic E-state index is 0.0420. The van der Waals surface area contributed by atoms with Crippen molar-refractivity contribution in [2.24, 2.45) is 5.92 Å². The van der Waals surface area contributed by atoms with E-state index in [1.54, 1.807) is 18.2 Å². The molecule has 2 aromatic carbocycles. The Kier molecular flexibility index (Phi) is 12.3. The molecule has 11 nitrogen and oxygen atoms in total. The maximum absolute atomic E-state index is 12.8. The minimum Gasteiger partial charge on any atom is -0.394 e. The van der Waals surface area contributed by atoms with Gasteiger partial charge in [0.25, 0.3) is 10.1 Å². The molecule has 2 aliphatic heterocycles. The fourth-order valence-electron chi connectivity index (χ4n) is 5.43. The smallest absolute Gasteiger partial charge is 0.389 e. The second kappa shape index (κ2) is 16.0. The lowest BCUT2D eigenvalue weighted by molar-refractivity contribution is -0.143. The Labute approximate surface area is 278 Å². The number of halogens is 3. The van der Waals surface area contributed by atoms with E-state index < -0.39 is 34.7 Å². The number of aromatic nitrogens is 1. The lowest BCUT2D eigenvalue weighted by Crippen LogP contribution is -2.37. The van der Waals surface area contributed by atoms with Crippen molar-refractivity contribution in [2.45, 2.75) is 50.7 Å². The second-order valence-electron chi connectivity index (χ2n) is 12.1. The number of urea groups is 1. The van der Waals surface area contributed by atoms with Gasteiger partial charge in [0.15, 0.2) is 0 Å². The topological polar surface area (TPSA) is 144 Å². The zero-order valence-corrected chi connectivity index (χ0v) is 27.9. The molecule has 262 valence electrons. The van der Waals surface area contributed by atoms with E-state index in [0.717, 1.165) is 28.1 Å². The molecule has 0 radical (unpaired) electrons. The lowest BCUT2D eigenvalue weighted by Gasteiger charge is -2.29. The molecule has 3 aromatic rings. The van der Waals surface area contributed by atoms with Crippen LogP contribution in [-0.4, -0.2) is 92.2 Å². The van der Waals surface area contributed by atoms with Crippen LogP contribution in [0.25, 0.3) is 11.1 Å². The highest BCUT2D eigenvalue weighted by Crippen LogP contribution is 2.33. The number of anilines is 3. The van der Waals surface area contributed by atoms with E-state index in [2.05, 4.69) is 15.5 Å². The van der Waals surface area contributed by atoms with E-state index in [1.165, 1.54) is 17.0 Å². The number of benzene rings is 2. The molecule has 0 saturated carbocycles. The normalized spacial score (nSPS) is 17.4. The number of likely N-dealkylation sites (tertiary alicyclic amines) is 1. The Bertz CT molecular complexity index is 1650. The molecule has 15 heteroatoms. The van der Waals surface area contributed by atoms with Crippen LogP contribution in [0.5, 0.6) is 0 Å². The predicted molar refractivity (Wildman–Crippen MR) is 178 cm³/mol. The molecule has 2 amide bonds. The summed E-state index contributed by atoms with van der Waals surface area (Å²) in [6.45, 7) is 8.69. The van der Waals surface area contributed by atoms with Crippen molar-refractivity contribution < 1.29 is 40.8 Å². The molecule has 3 heterocycles. The molecule has 4 N–H and O–H groups in total. The average molecular weight is 694 g/mol. The number of pyridine rings is 1. The largest absolute Gasteiger partial charge is 0.394 e. The van der Waals surface area contributed by atoms with E-state index in [9.17, 15) is 31.5 Å². The summed E-state index contributed by atoms with van der Waals surface area (Å²) in [5, 5.41) is 15.6. The van der Waals surface area contributed by atoms with E-state index in [0.29, 0.717) is 50.8 Å². The first-order valence-electron chi connectivity index (χ1n) is 15.6. The molecule has 48 heavy (non-hydrogen) atoms. The number of aryl methyl sites for hydroxylation is 2. The Hall–Kier alpha value is -3.92. The summed E-state index contributed by atoms with van der Waals surface area (Å²) in [6, 6.07) is 14.9. The number of rotatable bonds is 8. The predicted octanol–water partition coefficient (Wildman–Crippen LogP) is 5.73. The number of nitrogens with one attached hydrogen (secondary N) is 2. The van der Waals surface area contributed by atoms with Gasteiger partial charge in [0.1, 0.15) is 11.6 Å². The van der Waals surface area contributed by atoms with Gasteiger partial charge in [-0.2, -0.15) is 21.6 Å². The molecular formula is C33H42F3N5O6S. The van der Waals surface area contributed by atoms with Gasteiger partial charge in [0.2, 0.25) is 0 Å². The van der Waals surface area contributed by atoms with Gasteiger partial charge < -0.3 is 30.3 Å². The number of carbonyl (C=O) groups excluding carboxylic acids is 1. The zero-order chi connectivity index (χ0) is 35.1. The SMILES string of the molecule is Cc1ccc(NC(=O)N2CC[C@@H](CC(F)(F)F)C2)cc1-c1cc(NC(C)CO)nc(N2CCOCC2)c1.Cc1ccc(S(=O)(=O)O)cc1. The van der Waals surface area contributed by atoms with Crippen LogP contribution < -0.4 is 15.5 Å². The van der Waals surface area contributed by atoms with Crippen LogP contribution in [0, 0.1) is 19.8 Å². The molecule has 0 spiro atoms. The summed E-state index contributed by atoms with van der Waals surface area (Å²) in [5.74, 6) is 0.846. The van der Waals surface area contributed by atoms with Crippen molar-refractivity contribution in [3.8, 4) is 11.1 Å². The Morgan fingerprint density at radius 3 is 2.38 bits per heavy atom. The first-order chi connectivity index (χ1) is 22.6. The lowest BCUT2D eigenvalue weighted by atomic mass is 10.00. The molecule has 1 aromatic heterocycles. The van der Waals surface area contributed by atoms with E-state index in [4.69, 9.17) is 14.3 Å². The number of nitrogens with zero attached hydrogens (tertiary/aromatic N) is 3. The maximum atomic E-state index is 12.8. The fourth-order valence-corrected chi connectivity index (χ4v) is 5.91. The van der Waals surface area contributed by atoms with Crippen LogP contribution in [-0.2, 0) is 14.9 Å². The standard InChI is InChI=1S/C26H34F3N5O3.C7H8O3S/c1-17-3-4-21(31-25(36)34-6-5-19(15-34)14-26(27,28)29)13-22(17)20-11-23(30-18(2)16-35)32-24(12-20)33-7-9-37-10-8-33;1-6-2-4-7(5-3-6)11(8,9)10/h3-4,11-13,18-19,35H,5-10,14-16H2,1-2H3,(H,30,32)(H,31,36);2-5H,1H3,(H,8,9,10)/t18?,19-;/m0./s1. The molecule has 5 rings (SSSR count). The molecule has 2 atom stereocenters. The first-order valence-corrected chi connectivity index (χ1v) is 17.1. The van der Waals surface area contributed by atoms with Crippen LogP contribution in [0.15, 0.2) is 59.5 Å². The number of carbonyl (C=O) groups is 1. The summed E-state index contributed by atoms with van der Waals surface area (Å²) in [4.78, 5) is 21.1. The Morgan fingerprint density at radius 1 is 1.06 bits per heavy atom. The van der Waals surface area contributed by atoms with Crippen molar-refractivity contribution in [2.75, 3.05) is 61.5 Å². The third-order valence-electron chi connectivity index (χ3n) is 8.03. The number of hydrogen-bond acceptors (Lipinski definition) is 8. The number of ether oxygens (including phenoxy) is 1. The highest BCUT2D eigenvalue weighted by Gasteiger charge is 2.36. The third kappa shape index (κ3) is 10.8. The summed E-state index contributed by atoms with van der Waals surface area (Å²) >= 11 is 0. The molecule has 2 saturated heterocycles. The summed E-state index contributed by atoms with van der Waals surface area (Å²) in [6.07, 6.45) is -4.75. The van der Waals surface area contributed by atoms with Crippen molar-refractivity contribution in [1.29, 1.82) is 0 Å². The second-order valence-corrected chi connectivity index (χ2v) is 13.5. The van der Waals surface area contributed by atoms with Crippen LogP contribution >= 0.6 is 0 Å². The average Bonchev–Trinajstić information content (AvgIpc) is 3.49. The first kappa shape index (κ1) is 36.9. The van der Waals surface area contributed by atoms with E-state index in [-0.39, 0.29) is 24.1 Å². The van der Waals surface area contributed by atoms with Gasteiger partial charge in [-0.25, -0.2) is 9.78 Å².